The van der Waals surface area contributed by atoms with Crippen molar-refractivity contribution in [3.63, 3.8) is 0 Å². The Labute approximate surface area is 126 Å². The first-order valence-electron chi connectivity index (χ1n) is 8.19. The number of aromatic nitrogens is 2. The van der Waals surface area contributed by atoms with Gasteiger partial charge in [0.25, 0.3) is 0 Å². The Balaban J connectivity index is 1.67. The summed E-state index contributed by atoms with van der Waals surface area (Å²) in [5.41, 5.74) is 5.84. The van der Waals surface area contributed by atoms with E-state index in [9.17, 15) is 0 Å². The molecule has 1 aliphatic carbocycles. The predicted molar refractivity (Wildman–Crippen MR) is 78.9 cm³/mol. The second-order valence-corrected chi connectivity index (χ2v) is 6.18. The fraction of sp³-hybridized carbons (Fsp3) is 0.867. The molecule has 21 heavy (non-hydrogen) atoms. The van der Waals surface area contributed by atoms with Gasteiger partial charge in [-0.15, -0.1) is 0 Å². The molecule has 2 fully saturated rings. The van der Waals surface area contributed by atoms with Crippen LogP contribution in [0, 0.1) is 5.92 Å². The van der Waals surface area contributed by atoms with Gasteiger partial charge in [-0.05, 0) is 38.3 Å². The van der Waals surface area contributed by atoms with E-state index in [0.717, 1.165) is 45.0 Å². The first-order valence-corrected chi connectivity index (χ1v) is 8.19. The summed E-state index contributed by atoms with van der Waals surface area (Å²) in [5.74, 6) is 2.29. The second kappa shape index (κ2) is 6.85. The highest BCUT2D eigenvalue weighted by molar-refractivity contribution is 5.02. The van der Waals surface area contributed by atoms with Gasteiger partial charge in [-0.25, -0.2) is 0 Å². The van der Waals surface area contributed by atoms with Crippen LogP contribution in [-0.2, 0) is 4.74 Å². The van der Waals surface area contributed by atoms with Gasteiger partial charge >= 0.3 is 0 Å². The van der Waals surface area contributed by atoms with Gasteiger partial charge < -0.3 is 15.0 Å². The minimum absolute atomic E-state index is 0.0551. The monoisotopic (exact) mass is 294 g/mol. The predicted octanol–water partition coefficient (Wildman–Crippen LogP) is 1.70. The Morgan fingerprint density at radius 2 is 2.29 bits per heavy atom. The Morgan fingerprint density at radius 1 is 1.38 bits per heavy atom. The molecule has 0 amide bonds. The summed E-state index contributed by atoms with van der Waals surface area (Å²) in [6, 6.07) is 0. The van der Waals surface area contributed by atoms with E-state index >= 15 is 0 Å². The summed E-state index contributed by atoms with van der Waals surface area (Å²) in [6.07, 6.45) is 4.58. The highest BCUT2D eigenvalue weighted by atomic mass is 16.5. The van der Waals surface area contributed by atoms with E-state index in [-0.39, 0.29) is 6.10 Å². The minimum Gasteiger partial charge on any atom is -0.367 e. The largest absolute Gasteiger partial charge is 0.367 e. The lowest BCUT2D eigenvalue weighted by Crippen LogP contribution is -2.39. The second-order valence-electron chi connectivity index (χ2n) is 6.18. The van der Waals surface area contributed by atoms with Crippen molar-refractivity contribution in [2.24, 2.45) is 11.7 Å². The minimum atomic E-state index is -0.0551. The van der Waals surface area contributed by atoms with Crippen molar-refractivity contribution in [3.05, 3.63) is 11.7 Å². The van der Waals surface area contributed by atoms with Gasteiger partial charge in [-0.3, -0.25) is 4.90 Å². The Morgan fingerprint density at radius 3 is 3.10 bits per heavy atom. The third kappa shape index (κ3) is 3.27. The summed E-state index contributed by atoms with van der Waals surface area (Å²) >= 11 is 0. The molecule has 1 saturated carbocycles. The average molecular weight is 294 g/mol. The molecule has 1 aromatic rings. The zero-order chi connectivity index (χ0) is 14.7. The number of ether oxygens (including phenoxy) is 1. The number of morpholine rings is 1. The van der Waals surface area contributed by atoms with E-state index in [2.05, 4.69) is 22.0 Å². The Kier molecular flexibility index (Phi) is 4.87. The quantitative estimate of drug-likeness (QED) is 0.890. The van der Waals surface area contributed by atoms with Crippen LogP contribution in [0.15, 0.2) is 4.52 Å². The molecule has 2 N–H and O–H groups in total. The van der Waals surface area contributed by atoms with Gasteiger partial charge in [-0.2, -0.15) is 4.98 Å². The maximum Gasteiger partial charge on any atom is 0.230 e. The topological polar surface area (TPSA) is 77.4 Å². The molecule has 6 nitrogen and oxygen atoms in total. The SMILES string of the molecule is CCCN1CCOC(c2noc(C3CCCC3CN)n2)C1. The third-order valence-electron chi connectivity index (χ3n) is 4.71. The third-order valence-corrected chi connectivity index (χ3v) is 4.71. The molecule has 0 radical (unpaired) electrons. The van der Waals surface area contributed by atoms with E-state index in [1.165, 1.54) is 12.8 Å². The molecule has 118 valence electrons. The van der Waals surface area contributed by atoms with Crippen molar-refractivity contribution in [1.29, 1.82) is 0 Å². The van der Waals surface area contributed by atoms with Crippen LogP contribution >= 0.6 is 0 Å². The first-order chi connectivity index (χ1) is 10.3. The average Bonchev–Trinajstić information content (AvgIpc) is 3.16. The van der Waals surface area contributed by atoms with Gasteiger partial charge in [-0.1, -0.05) is 18.5 Å². The molecule has 3 atom stereocenters. The van der Waals surface area contributed by atoms with Crippen LogP contribution < -0.4 is 5.73 Å². The number of hydrogen-bond acceptors (Lipinski definition) is 6. The molecular weight excluding hydrogens is 268 g/mol. The number of rotatable bonds is 5. The van der Waals surface area contributed by atoms with Crippen molar-refractivity contribution in [1.82, 2.24) is 15.0 Å². The fourth-order valence-corrected chi connectivity index (χ4v) is 3.55. The van der Waals surface area contributed by atoms with Gasteiger partial charge in [0.15, 0.2) is 0 Å². The lowest BCUT2D eigenvalue weighted by Gasteiger charge is -2.30. The van der Waals surface area contributed by atoms with Crippen LogP contribution in [0.2, 0.25) is 0 Å². The van der Waals surface area contributed by atoms with E-state index in [1.54, 1.807) is 0 Å². The van der Waals surface area contributed by atoms with Crippen molar-refractivity contribution in [3.8, 4) is 0 Å². The molecule has 1 saturated heterocycles. The van der Waals surface area contributed by atoms with E-state index in [0.29, 0.717) is 24.2 Å². The highest BCUT2D eigenvalue weighted by Crippen LogP contribution is 2.38. The van der Waals surface area contributed by atoms with Crippen molar-refractivity contribution in [2.75, 3.05) is 32.8 Å². The maximum absolute atomic E-state index is 5.84. The highest BCUT2D eigenvalue weighted by Gasteiger charge is 2.33. The van der Waals surface area contributed by atoms with Gasteiger partial charge in [0.1, 0.15) is 6.10 Å². The lowest BCUT2D eigenvalue weighted by molar-refractivity contribution is -0.0350. The van der Waals surface area contributed by atoms with Crippen LogP contribution in [0.4, 0.5) is 0 Å². The summed E-state index contributed by atoms with van der Waals surface area (Å²) < 4.78 is 11.3. The lowest BCUT2D eigenvalue weighted by atomic mass is 9.96. The molecule has 0 spiro atoms. The molecule has 1 aromatic heterocycles. The van der Waals surface area contributed by atoms with Gasteiger partial charge in [0.05, 0.1) is 6.61 Å². The van der Waals surface area contributed by atoms with E-state index < -0.39 is 0 Å². The zero-order valence-electron chi connectivity index (χ0n) is 12.8. The van der Waals surface area contributed by atoms with Crippen molar-refractivity contribution < 1.29 is 9.26 Å². The zero-order valence-corrected chi connectivity index (χ0v) is 12.8. The van der Waals surface area contributed by atoms with Crippen molar-refractivity contribution in [2.45, 2.75) is 44.6 Å². The molecular formula is C15H26N4O2. The van der Waals surface area contributed by atoms with Crippen LogP contribution in [0.25, 0.3) is 0 Å². The molecule has 2 heterocycles. The summed E-state index contributed by atoms with van der Waals surface area (Å²) in [5, 5.41) is 4.17. The van der Waals surface area contributed by atoms with Crippen LogP contribution in [-0.4, -0.2) is 47.8 Å². The molecule has 1 aliphatic heterocycles. The standard InChI is InChI=1S/C15H26N4O2/c1-2-6-19-7-8-20-13(10-19)14-17-15(21-18-14)12-5-3-4-11(12)9-16/h11-13H,2-10,16H2,1H3. The number of nitrogens with two attached hydrogens (primary N) is 1. The van der Waals surface area contributed by atoms with E-state index in [1.807, 2.05) is 0 Å². The fourth-order valence-electron chi connectivity index (χ4n) is 3.55. The Bertz CT molecular complexity index is 449. The van der Waals surface area contributed by atoms with Crippen LogP contribution in [0.5, 0.6) is 0 Å². The summed E-state index contributed by atoms with van der Waals surface area (Å²) in [6.45, 7) is 6.59. The first kappa shape index (κ1) is 14.9. The molecule has 2 aliphatic rings. The van der Waals surface area contributed by atoms with Crippen LogP contribution in [0.3, 0.4) is 0 Å². The number of nitrogens with zero attached hydrogens (tertiary/aromatic N) is 3. The molecule has 3 rings (SSSR count). The summed E-state index contributed by atoms with van der Waals surface area (Å²) in [7, 11) is 0. The molecule has 0 aromatic carbocycles. The van der Waals surface area contributed by atoms with Crippen molar-refractivity contribution >= 4 is 0 Å². The normalized spacial score (nSPS) is 30.9. The van der Waals surface area contributed by atoms with Crippen LogP contribution in [0.1, 0.15) is 56.3 Å². The smallest absolute Gasteiger partial charge is 0.230 e. The molecule has 6 heteroatoms. The maximum atomic E-state index is 5.84. The number of hydrogen-bond donors (Lipinski definition) is 1. The van der Waals surface area contributed by atoms with Gasteiger partial charge in [0, 0.05) is 19.0 Å². The molecule has 0 bridgehead atoms. The van der Waals surface area contributed by atoms with E-state index in [4.69, 9.17) is 15.0 Å². The molecule has 3 unspecified atom stereocenters. The van der Waals surface area contributed by atoms with Gasteiger partial charge in [0.2, 0.25) is 11.7 Å². The Hall–Kier alpha value is -0.980. The summed E-state index contributed by atoms with van der Waals surface area (Å²) in [4.78, 5) is 7.03.